The average molecular weight is 199 g/mol. The highest BCUT2D eigenvalue weighted by atomic mass is 32.1. The van der Waals surface area contributed by atoms with E-state index < -0.39 is 0 Å². The number of nitrogens with zero attached hydrogens (tertiary/aromatic N) is 1. The molecule has 0 spiro atoms. The van der Waals surface area contributed by atoms with Gasteiger partial charge in [-0.1, -0.05) is 25.2 Å². The first-order valence-electron chi connectivity index (χ1n) is 4.32. The Balaban J connectivity index is 2.54. The number of hydrogen-bond donors (Lipinski definition) is 0. The average Bonchev–Trinajstić information content (AvgIpc) is 2.48. The minimum absolute atomic E-state index is 0.249. The van der Waals surface area contributed by atoms with Crippen molar-refractivity contribution in [3.63, 3.8) is 0 Å². The monoisotopic (exact) mass is 199 g/mol. The summed E-state index contributed by atoms with van der Waals surface area (Å²) in [5.41, 5.74) is 0. The van der Waals surface area contributed by atoms with E-state index in [2.05, 4.69) is 13.8 Å². The van der Waals surface area contributed by atoms with Crippen molar-refractivity contribution in [2.45, 2.75) is 26.7 Å². The molecule has 1 aromatic rings. The fourth-order valence-electron chi connectivity index (χ4n) is 1.03. The summed E-state index contributed by atoms with van der Waals surface area (Å²) in [5.74, 6) is 0.654. The van der Waals surface area contributed by atoms with E-state index in [0.717, 1.165) is 17.7 Å². The first kappa shape index (κ1) is 10.2. The second-order valence-electron chi connectivity index (χ2n) is 3.43. The maximum Gasteiger partial charge on any atom is 0.324 e. The van der Waals surface area contributed by atoms with Crippen LogP contribution in [0, 0.1) is 16.0 Å². The smallest absolute Gasteiger partial charge is 0.258 e. The molecule has 0 aromatic carbocycles. The van der Waals surface area contributed by atoms with Gasteiger partial charge in [0.15, 0.2) is 0 Å². The zero-order valence-corrected chi connectivity index (χ0v) is 8.63. The summed E-state index contributed by atoms with van der Waals surface area (Å²) >= 11 is 1.28. The van der Waals surface area contributed by atoms with Gasteiger partial charge in [-0.05, 0) is 24.8 Å². The highest BCUT2D eigenvalue weighted by Gasteiger charge is 2.09. The lowest BCUT2D eigenvalue weighted by molar-refractivity contribution is -0.380. The van der Waals surface area contributed by atoms with Crippen molar-refractivity contribution in [1.82, 2.24) is 0 Å². The van der Waals surface area contributed by atoms with Gasteiger partial charge >= 0.3 is 5.00 Å². The van der Waals surface area contributed by atoms with E-state index in [1.165, 1.54) is 11.3 Å². The fourth-order valence-corrected chi connectivity index (χ4v) is 1.87. The van der Waals surface area contributed by atoms with Crippen molar-refractivity contribution in [3.05, 3.63) is 27.1 Å². The Morgan fingerprint density at radius 2 is 2.23 bits per heavy atom. The van der Waals surface area contributed by atoms with Gasteiger partial charge < -0.3 is 0 Å². The highest BCUT2D eigenvalue weighted by Crippen LogP contribution is 2.25. The topological polar surface area (TPSA) is 43.1 Å². The minimum atomic E-state index is -0.330. The molecule has 0 amide bonds. The molecule has 13 heavy (non-hydrogen) atoms. The molecule has 72 valence electrons. The van der Waals surface area contributed by atoms with Gasteiger partial charge in [0, 0.05) is 10.9 Å². The van der Waals surface area contributed by atoms with E-state index in [1.807, 2.05) is 6.07 Å². The summed E-state index contributed by atoms with van der Waals surface area (Å²) in [5, 5.41) is 10.6. The molecule has 3 nitrogen and oxygen atoms in total. The molecule has 0 saturated heterocycles. The van der Waals surface area contributed by atoms with Crippen LogP contribution in [0.25, 0.3) is 0 Å². The first-order valence-corrected chi connectivity index (χ1v) is 5.14. The summed E-state index contributed by atoms with van der Waals surface area (Å²) in [6.07, 6.45) is 2.05. The molecule has 0 unspecified atom stereocenters. The third-order valence-corrected chi connectivity index (χ3v) is 2.89. The van der Waals surface area contributed by atoms with Gasteiger partial charge in [0.05, 0.1) is 4.92 Å². The predicted molar refractivity (Wildman–Crippen MR) is 54.1 cm³/mol. The zero-order chi connectivity index (χ0) is 9.84. The Kier molecular flexibility index (Phi) is 3.42. The third-order valence-electron chi connectivity index (χ3n) is 1.80. The van der Waals surface area contributed by atoms with Crippen LogP contribution in [0.15, 0.2) is 12.1 Å². The quantitative estimate of drug-likeness (QED) is 0.552. The maximum atomic E-state index is 10.4. The number of aryl methyl sites for hydroxylation is 1. The molecular weight excluding hydrogens is 186 g/mol. The van der Waals surface area contributed by atoms with Gasteiger partial charge in [0.2, 0.25) is 0 Å². The number of rotatable bonds is 4. The second-order valence-corrected chi connectivity index (χ2v) is 4.58. The van der Waals surface area contributed by atoms with Crippen molar-refractivity contribution >= 4 is 16.3 Å². The normalized spacial score (nSPS) is 10.7. The number of hydrogen-bond acceptors (Lipinski definition) is 3. The summed E-state index contributed by atoms with van der Waals surface area (Å²) in [4.78, 5) is 11.2. The molecule has 1 heterocycles. The Bertz CT molecular complexity index is 294. The lowest BCUT2D eigenvalue weighted by Gasteiger charge is -2.00. The van der Waals surface area contributed by atoms with Crippen LogP contribution in [0.1, 0.15) is 25.1 Å². The van der Waals surface area contributed by atoms with Crippen molar-refractivity contribution in [2.75, 3.05) is 0 Å². The number of nitro groups is 1. The largest absolute Gasteiger partial charge is 0.324 e. The van der Waals surface area contributed by atoms with Crippen LogP contribution in [-0.4, -0.2) is 4.92 Å². The molecule has 0 aliphatic heterocycles. The van der Waals surface area contributed by atoms with Gasteiger partial charge in [-0.15, -0.1) is 0 Å². The Hall–Kier alpha value is -0.900. The molecule has 0 saturated carbocycles. The van der Waals surface area contributed by atoms with Gasteiger partial charge in [-0.2, -0.15) is 0 Å². The predicted octanol–water partition coefficient (Wildman–Crippen LogP) is 3.24. The van der Waals surface area contributed by atoms with E-state index in [-0.39, 0.29) is 9.92 Å². The van der Waals surface area contributed by atoms with Crippen molar-refractivity contribution in [3.8, 4) is 0 Å². The minimum Gasteiger partial charge on any atom is -0.258 e. The van der Waals surface area contributed by atoms with E-state index in [4.69, 9.17) is 0 Å². The zero-order valence-electron chi connectivity index (χ0n) is 7.82. The second kappa shape index (κ2) is 4.37. The molecular formula is C9H13NO2S. The van der Waals surface area contributed by atoms with Gasteiger partial charge in [0.1, 0.15) is 0 Å². The third kappa shape index (κ3) is 3.14. The van der Waals surface area contributed by atoms with E-state index in [0.29, 0.717) is 5.92 Å². The molecule has 4 heteroatoms. The van der Waals surface area contributed by atoms with Crippen LogP contribution in [-0.2, 0) is 6.42 Å². The molecule has 0 fully saturated rings. The number of thiophene rings is 1. The standard InChI is InChI=1S/C9H13NO2S/c1-7(2)3-4-8-5-6-9(13-8)10(11)12/h5-7H,3-4H2,1-2H3. The van der Waals surface area contributed by atoms with Crippen LogP contribution in [0.2, 0.25) is 0 Å². The van der Waals surface area contributed by atoms with Gasteiger partial charge in [0.25, 0.3) is 0 Å². The fraction of sp³-hybridized carbons (Fsp3) is 0.556. The van der Waals surface area contributed by atoms with E-state index in [9.17, 15) is 10.1 Å². The summed E-state index contributed by atoms with van der Waals surface area (Å²) in [6.45, 7) is 4.31. The van der Waals surface area contributed by atoms with E-state index in [1.54, 1.807) is 6.07 Å². The maximum absolute atomic E-state index is 10.4. The lowest BCUT2D eigenvalue weighted by Crippen LogP contribution is -1.89. The van der Waals surface area contributed by atoms with Crippen molar-refractivity contribution in [2.24, 2.45) is 5.92 Å². The van der Waals surface area contributed by atoms with Crippen LogP contribution < -0.4 is 0 Å². The molecule has 0 radical (unpaired) electrons. The molecule has 0 bridgehead atoms. The molecule has 0 atom stereocenters. The molecule has 1 aromatic heterocycles. The lowest BCUT2D eigenvalue weighted by atomic mass is 10.1. The molecule has 0 aliphatic rings. The van der Waals surface area contributed by atoms with Crippen LogP contribution >= 0.6 is 11.3 Å². The summed E-state index contributed by atoms with van der Waals surface area (Å²) in [6, 6.07) is 3.44. The van der Waals surface area contributed by atoms with Crippen LogP contribution in [0.4, 0.5) is 5.00 Å². The molecule has 1 rings (SSSR count). The van der Waals surface area contributed by atoms with Crippen molar-refractivity contribution in [1.29, 1.82) is 0 Å². The van der Waals surface area contributed by atoms with Crippen molar-refractivity contribution < 1.29 is 4.92 Å². The molecule has 0 aliphatic carbocycles. The first-order chi connectivity index (χ1) is 6.09. The molecule has 0 N–H and O–H groups in total. The van der Waals surface area contributed by atoms with Gasteiger partial charge in [-0.25, -0.2) is 0 Å². The van der Waals surface area contributed by atoms with E-state index >= 15 is 0 Å². The summed E-state index contributed by atoms with van der Waals surface area (Å²) < 4.78 is 0. The summed E-state index contributed by atoms with van der Waals surface area (Å²) in [7, 11) is 0. The van der Waals surface area contributed by atoms with Crippen LogP contribution in [0.3, 0.4) is 0 Å². The highest BCUT2D eigenvalue weighted by molar-refractivity contribution is 7.15. The Labute approximate surface area is 81.5 Å². The van der Waals surface area contributed by atoms with Gasteiger partial charge in [-0.3, -0.25) is 10.1 Å². The SMILES string of the molecule is CC(C)CCc1ccc([N+](=O)[O-])s1. The van der Waals surface area contributed by atoms with Crippen LogP contribution in [0.5, 0.6) is 0 Å². The Morgan fingerprint density at radius 3 is 2.69 bits per heavy atom. The Morgan fingerprint density at radius 1 is 1.54 bits per heavy atom.